The summed E-state index contributed by atoms with van der Waals surface area (Å²) in [6.07, 6.45) is 1.67. The van der Waals surface area contributed by atoms with Crippen molar-refractivity contribution >= 4 is 46.0 Å². The number of nitrogens with zero attached hydrogens (tertiary/aromatic N) is 1. The lowest BCUT2D eigenvalue weighted by Crippen LogP contribution is -2.27. The quantitative estimate of drug-likeness (QED) is 0.329. The summed E-state index contributed by atoms with van der Waals surface area (Å²) < 4.78 is 38.9. The van der Waals surface area contributed by atoms with Gasteiger partial charge < -0.3 is 9.47 Å². The zero-order chi connectivity index (χ0) is 22.7. The van der Waals surface area contributed by atoms with Gasteiger partial charge in [-0.3, -0.25) is 9.69 Å². The maximum atomic E-state index is 13.9. The van der Waals surface area contributed by atoms with E-state index in [4.69, 9.17) is 21.7 Å². The highest BCUT2D eigenvalue weighted by atomic mass is 32.2. The number of thioether (sulfide) groups is 1. The lowest BCUT2D eigenvalue weighted by molar-refractivity contribution is -0.113. The predicted octanol–water partition coefficient (Wildman–Crippen LogP) is 5.96. The van der Waals surface area contributed by atoms with Crippen molar-refractivity contribution in [3.05, 3.63) is 94.4 Å². The fraction of sp³-hybridized carbons (Fsp3) is 0.0833. The topological polar surface area (TPSA) is 38.8 Å². The van der Waals surface area contributed by atoms with Gasteiger partial charge in [-0.25, -0.2) is 8.78 Å². The molecule has 0 aromatic heterocycles. The van der Waals surface area contributed by atoms with Gasteiger partial charge in [0.25, 0.3) is 5.91 Å². The van der Waals surface area contributed by atoms with Crippen LogP contribution in [0.4, 0.5) is 14.5 Å². The SMILES string of the molecule is COc1ccc(/C=C2/SC(=S)N(c3cccc(F)c3)C2=O)cc1OCc1ccccc1F. The van der Waals surface area contributed by atoms with E-state index in [1.165, 1.54) is 36.3 Å². The van der Waals surface area contributed by atoms with Crippen molar-refractivity contribution in [1.29, 1.82) is 0 Å². The second-order valence-corrected chi connectivity index (χ2v) is 8.46. The molecule has 162 valence electrons. The van der Waals surface area contributed by atoms with Gasteiger partial charge in [-0.15, -0.1) is 0 Å². The van der Waals surface area contributed by atoms with Crippen LogP contribution in [-0.2, 0) is 11.4 Å². The summed E-state index contributed by atoms with van der Waals surface area (Å²) in [5.74, 6) is -0.262. The van der Waals surface area contributed by atoms with Crippen molar-refractivity contribution in [2.45, 2.75) is 6.61 Å². The average Bonchev–Trinajstić information content (AvgIpc) is 3.06. The maximum absolute atomic E-state index is 13.9. The highest BCUT2D eigenvalue weighted by molar-refractivity contribution is 8.27. The van der Waals surface area contributed by atoms with Gasteiger partial charge in [0.05, 0.1) is 17.7 Å². The molecule has 0 atom stereocenters. The minimum Gasteiger partial charge on any atom is -0.493 e. The fourth-order valence-corrected chi connectivity index (χ4v) is 4.42. The standard InChI is InChI=1S/C24H17F2NO3S2/c1-29-20-10-9-15(11-21(20)30-14-16-5-2-3-8-19(16)26)12-22-23(28)27(24(31)32-22)18-7-4-6-17(25)13-18/h2-13H,14H2,1H3/b22-12+. The number of carbonyl (C=O) groups is 1. The van der Waals surface area contributed by atoms with Crippen molar-refractivity contribution in [3.8, 4) is 11.5 Å². The average molecular weight is 470 g/mol. The molecule has 8 heteroatoms. The minimum absolute atomic E-state index is 0.0220. The predicted molar refractivity (Wildman–Crippen MR) is 126 cm³/mol. The smallest absolute Gasteiger partial charge is 0.270 e. The molecule has 1 amide bonds. The number of thiocarbonyl (C=S) groups is 1. The highest BCUT2D eigenvalue weighted by Crippen LogP contribution is 2.37. The van der Waals surface area contributed by atoms with Gasteiger partial charge in [0.2, 0.25) is 0 Å². The van der Waals surface area contributed by atoms with Gasteiger partial charge in [0.15, 0.2) is 15.8 Å². The number of ether oxygens (including phenoxy) is 2. The Bertz CT molecular complexity index is 1230. The monoisotopic (exact) mass is 469 g/mol. The Morgan fingerprint density at radius 3 is 2.59 bits per heavy atom. The molecule has 32 heavy (non-hydrogen) atoms. The van der Waals surface area contributed by atoms with Crippen molar-refractivity contribution in [2.75, 3.05) is 12.0 Å². The zero-order valence-electron chi connectivity index (χ0n) is 16.9. The van der Waals surface area contributed by atoms with Crippen LogP contribution in [-0.4, -0.2) is 17.3 Å². The molecule has 4 nitrogen and oxygen atoms in total. The van der Waals surface area contributed by atoms with E-state index < -0.39 is 5.82 Å². The van der Waals surface area contributed by atoms with E-state index in [9.17, 15) is 13.6 Å². The maximum Gasteiger partial charge on any atom is 0.270 e. The summed E-state index contributed by atoms with van der Waals surface area (Å²) >= 11 is 6.46. The molecule has 0 bridgehead atoms. The first-order chi connectivity index (χ1) is 15.5. The number of benzene rings is 3. The molecule has 1 aliphatic rings. The van der Waals surface area contributed by atoms with E-state index >= 15 is 0 Å². The summed E-state index contributed by atoms with van der Waals surface area (Å²) in [6.45, 7) is 0.0220. The van der Waals surface area contributed by atoms with Crippen LogP contribution in [0.25, 0.3) is 6.08 Å². The Balaban J connectivity index is 1.58. The molecule has 0 aliphatic carbocycles. The molecule has 1 fully saturated rings. The van der Waals surface area contributed by atoms with Gasteiger partial charge in [0.1, 0.15) is 18.2 Å². The van der Waals surface area contributed by atoms with Gasteiger partial charge in [-0.1, -0.05) is 54.3 Å². The molecule has 1 aliphatic heterocycles. The van der Waals surface area contributed by atoms with Crippen molar-refractivity contribution in [2.24, 2.45) is 0 Å². The molecule has 1 heterocycles. The number of amides is 1. The third kappa shape index (κ3) is 4.66. The summed E-state index contributed by atoms with van der Waals surface area (Å²) in [4.78, 5) is 14.6. The lowest BCUT2D eigenvalue weighted by atomic mass is 10.1. The van der Waals surface area contributed by atoms with Gasteiger partial charge in [0, 0.05) is 5.56 Å². The van der Waals surface area contributed by atoms with E-state index in [-0.39, 0.29) is 18.3 Å². The third-order valence-electron chi connectivity index (χ3n) is 4.69. The van der Waals surface area contributed by atoms with Crippen molar-refractivity contribution in [3.63, 3.8) is 0 Å². The Hall–Kier alpha value is -3.23. The van der Waals surface area contributed by atoms with Gasteiger partial charge in [-0.2, -0.15) is 0 Å². The summed E-state index contributed by atoms with van der Waals surface area (Å²) in [7, 11) is 1.51. The Morgan fingerprint density at radius 2 is 1.84 bits per heavy atom. The van der Waals surface area contributed by atoms with Crippen LogP contribution in [0.5, 0.6) is 11.5 Å². The molecule has 3 aromatic carbocycles. The molecule has 3 aromatic rings. The second-order valence-electron chi connectivity index (χ2n) is 6.79. The lowest BCUT2D eigenvalue weighted by Gasteiger charge is -2.14. The van der Waals surface area contributed by atoms with Crippen LogP contribution in [0.2, 0.25) is 0 Å². The zero-order valence-corrected chi connectivity index (χ0v) is 18.5. The molecular weight excluding hydrogens is 452 g/mol. The molecule has 0 spiro atoms. The molecule has 0 radical (unpaired) electrons. The summed E-state index contributed by atoms with van der Waals surface area (Å²) in [5.41, 5.74) is 1.46. The fourth-order valence-electron chi connectivity index (χ4n) is 3.12. The van der Waals surface area contributed by atoms with Crippen molar-refractivity contribution in [1.82, 2.24) is 0 Å². The number of hydrogen-bond acceptors (Lipinski definition) is 5. The first-order valence-corrected chi connectivity index (χ1v) is 10.8. The number of hydrogen-bond donors (Lipinski definition) is 0. The number of methoxy groups -OCH3 is 1. The summed E-state index contributed by atoms with van der Waals surface area (Å²) in [5, 5.41) is 0. The van der Waals surface area contributed by atoms with Crippen LogP contribution in [0.15, 0.2) is 71.6 Å². The summed E-state index contributed by atoms with van der Waals surface area (Å²) in [6, 6.07) is 17.2. The normalized spacial score (nSPS) is 14.8. The number of rotatable bonds is 6. The molecular formula is C24H17F2NO3S2. The van der Waals surface area contributed by atoms with Crippen LogP contribution in [0.1, 0.15) is 11.1 Å². The van der Waals surface area contributed by atoms with Crippen molar-refractivity contribution < 1.29 is 23.0 Å². The van der Waals surface area contributed by atoms with Crippen LogP contribution in [0, 0.1) is 11.6 Å². The number of carbonyl (C=O) groups excluding carboxylic acids is 1. The largest absolute Gasteiger partial charge is 0.493 e. The second kappa shape index (κ2) is 9.50. The van der Waals surface area contributed by atoms with Crippen LogP contribution in [0.3, 0.4) is 0 Å². The van der Waals surface area contributed by atoms with E-state index in [0.29, 0.717) is 37.5 Å². The van der Waals surface area contributed by atoms with Gasteiger partial charge in [-0.05, 0) is 48.0 Å². The third-order valence-corrected chi connectivity index (χ3v) is 5.99. The van der Waals surface area contributed by atoms with Gasteiger partial charge >= 0.3 is 0 Å². The van der Waals surface area contributed by atoms with Crippen LogP contribution >= 0.6 is 24.0 Å². The molecule has 4 rings (SSSR count). The molecule has 0 N–H and O–H groups in total. The van der Waals surface area contributed by atoms with E-state index in [0.717, 1.165) is 11.8 Å². The molecule has 0 unspecified atom stereocenters. The van der Waals surface area contributed by atoms with Crippen LogP contribution < -0.4 is 14.4 Å². The highest BCUT2D eigenvalue weighted by Gasteiger charge is 2.33. The van der Waals surface area contributed by atoms with E-state index in [2.05, 4.69) is 0 Å². The van der Waals surface area contributed by atoms with E-state index in [1.54, 1.807) is 48.5 Å². The Labute approximate surface area is 193 Å². The Kier molecular flexibility index (Phi) is 6.53. The number of halogens is 2. The van der Waals surface area contributed by atoms with E-state index in [1.807, 2.05) is 0 Å². The minimum atomic E-state index is -0.452. The molecule has 1 saturated heterocycles. The molecule has 0 saturated carbocycles. The first-order valence-electron chi connectivity index (χ1n) is 9.54. The Morgan fingerprint density at radius 1 is 1.03 bits per heavy atom. The number of anilines is 1. The first kappa shape index (κ1) is 22.0.